The van der Waals surface area contributed by atoms with Gasteiger partial charge in [0.25, 0.3) is 0 Å². The Morgan fingerprint density at radius 1 is 1.09 bits per heavy atom. The average Bonchev–Trinajstić information content (AvgIpc) is 3.44. The monoisotopic (exact) mass is 437 g/mol. The fourth-order valence-electron chi connectivity index (χ4n) is 4.63. The van der Waals surface area contributed by atoms with Crippen molar-refractivity contribution in [3.05, 3.63) is 59.0 Å². The Morgan fingerprint density at radius 3 is 2.59 bits per heavy atom. The molecule has 32 heavy (non-hydrogen) atoms. The Hall–Kier alpha value is -3.00. The third kappa shape index (κ3) is 4.19. The number of benzene rings is 1. The molecule has 1 aliphatic carbocycles. The standard InChI is InChI=1S/C24H28FN5O2/c1-16-4-8-18(9-5-16)27-23-26-13-12-20(28-23)21-15-29(22-3-2-14-32-22)24(31)30(21)19-10-6-17(25)7-11-19/h6-7,10-13,15-16,18,22H,2-5,8-9,14H2,1H3,(H,26,27,28)/t16-,18-,22?. The summed E-state index contributed by atoms with van der Waals surface area (Å²) < 4.78 is 22.5. The molecule has 5 rings (SSSR count). The highest BCUT2D eigenvalue weighted by molar-refractivity contribution is 5.59. The third-order valence-electron chi connectivity index (χ3n) is 6.48. The van der Waals surface area contributed by atoms with Gasteiger partial charge >= 0.3 is 5.69 Å². The van der Waals surface area contributed by atoms with E-state index in [9.17, 15) is 9.18 Å². The average molecular weight is 438 g/mol. The van der Waals surface area contributed by atoms with E-state index < -0.39 is 0 Å². The number of hydrogen-bond donors (Lipinski definition) is 1. The normalized spacial score (nSPS) is 23.4. The lowest BCUT2D eigenvalue weighted by Gasteiger charge is -2.26. The molecule has 1 aromatic carbocycles. The molecule has 0 spiro atoms. The van der Waals surface area contributed by atoms with Gasteiger partial charge in [0.15, 0.2) is 0 Å². The minimum atomic E-state index is -0.350. The highest BCUT2D eigenvalue weighted by atomic mass is 19.1. The van der Waals surface area contributed by atoms with E-state index in [0.29, 0.717) is 35.7 Å². The maximum Gasteiger partial charge on any atom is 0.335 e. The van der Waals surface area contributed by atoms with Crippen molar-refractivity contribution in [2.24, 2.45) is 5.92 Å². The van der Waals surface area contributed by atoms with Crippen LogP contribution in [0, 0.1) is 11.7 Å². The summed E-state index contributed by atoms with van der Waals surface area (Å²) >= 11 is 0. The first-order valence-electron chi connectivity index (χ1n) is 11.4. The minimum Gasteiger partial charge on any atom is -0.358 e. The van der Waals surface area contributed by atoms with Crippen LogP contribution in [-0.2, 0) is 4.74 Å². The third-order valence-corrected chi connectivity index (χ3v) is 6.48. The topological polar surface area (TPSA) is 74.0 Å². The molecule has 2 aliphatic rings. The van der Waals surface area contributed by atoms with E-state index in [-0.39, 0.29) is 17.7 Å². The van der Waals surface area contributed by atoms with Gasteiger partial charge in [-0.1, -0.05) is 6.92 Å². The second kappa shape index (κ2) is 8.86. The summed E-state index contributed by atoms with van der Waals surface area (Å²) in [5.74, 6) is 0.977. The lowest BCUT2D eigenvalue weighted by Crippen LogP contribution is -2.26. The zero-order chi connectivity index (χ0) is 22.1. The predicted octanol–water partition coefficient (Wildman–Crippen LogP) is 4.53. The molecule has 3 heterocycles. The molecule has 1 saturated heterocycles. The van der Waals surface area contributed by atoms with E-state index in [4.69, 9.17) is 9.72 Å². The summed E-state index contributed by atoms with van der Waals surface area (Å²) in [6.45, 7) is 2.93. The lowest BCUT2D eigenvalue weighted by atomic mass is 9.87. The van der Waals surface area contributed by atoms with Crippen molar-refractivity contribution in [2.75, 3.05) is 11.9 Å². The van der Waals surface area contributed by atoms with Gasteiger partial charge in [0.2, 0.25) is 5.95 Å². The Bertz CT molecular complexity index is 1130. The van der Waals surface area contributed by atoms with Gasteiger partial charge in [0, 0.05) is 25.0 Å². The highest BCUT2D eigenvalue weighted by Crippen LogP contribution is 2.28. The van der Waals surface area contributed by atoms with E-state index in [2.05, 4.69) is 17.2 Å². The van der Waals surface area contributed by atoms with Crippen molar-refractivity contribution in [2.45, 2.75) is 57.7 Å². The van der Waals surface area contributed by atoms with Crippen LogP contribution in [0.5, 0.6) is 0 Å². The largest absolute Gasteiger partial charge is 0.358 e. The Labute approximate surface area is 186 Å². The molecule has 168 valence electrons. The van der Waals surface area contributed by atoms with Gasteiger partial charge in [0.1, 0.15) is 12.0 Å². The van der Waals surface area contributed by atoms with Gasteiger partial charge < -0.3 is 10.1 Å². The summed E-state index contributed by atoms with van der Waals surface area (Å²) in [6.07, 6.45) is 9.49. The molecule has 1 atom stereocenters. The van der Waals surface area contributed by atoms with Crippen molar-refractivity contribution >= 4 is 5.95 Å². The summed E-state index contributed by atoms with van der Waals surface area (Å²) in [4.78, 5) is 22.5. The first-order valence-corrected chi connectivity index (χ1v) is 11.4. The van der Waals surface area contributed by atoms with E-state index >= 15 is 0 Å². The SMILES string of the molecule is C[C@H]1CC[C@H](Nc2nccc(-c3cn(C4CCCO4)c(=O)n3-c3ccc(F)cc3)n2)CC1. The first-order chi connectivity index (χ1) is 15.6. The van der Waals surface area contributed by atoms with Crippen molar-refractivity contribution < 1.29 is 9.13 Å². The fourth-order valence-corrected chi connectivity index (χ4v) is 4.63. The molecule has 2 fully saturated rings. The zero-order valence-electron chi connectivity index (χ0n) is 18.2. The van der Waals surface area contributed by atoms with Gasteiger partial charge in [-0.05, 0) is 74.8 Å². The molecular formula is C24H28FN5O2. The number of halogens is 1. The number of hydrogen-bond acceptors (Lipinski definition) is 5. The van der Waals surface area contributed by atoms with Crippen LogP contribution in [-0.4, -0.2) is 31.8 Å². The molecule has 0 bridgehead atoms. The van der Waals surface area contributed by atoms with Crippen molar-refractivity contribution in [1.29, 1.82) is 0 Å². The van der Waals surface area contributed by atoms with E-state index in [1.165, 1.54) is 25.0 Å². The van der Waals surface area contributed by atoms with Gasteiger partial charge in [-0.15, -0.1) is 0 Å². The van der Waals surface area contributed by atoms with Crippen LogP contribution in [0.2, 0.25) is 0 Å². The second-order valence-corrected chi connectivity index (χ2v) is 8.85. The smallest absolute Gasteiger partial charge is 0.335 e. The predicted molar refractivity (Wildman–Crippen MR) is 120 cm³/mol. The number of imidazole rings is 1. The van der Waals surface area contributed by atoms with E-state index in [0.717, 1.165) is 31.6 Å². The molecule has 7 nitrogen and oxygen atoms in total. The van der Waals surface area contributed by atoms with Crippen LogP contribution in [0.3, 0.4) is 0 Å². The molecule has 1 aliphatic heterocycles. The van der Waals surface area contributed by atoms with Gasteiger partial charge in [0.05, 0.1) is 17.1 Å². The van der Waals surface area contributed by atoms with Gasteiger partial charge in [-0.3, -0.25) is 9.13 Å². The van der Waals surface area contributed by atoms with E-state index in [1.54, 1.807) is 39.7 Å². The summed E-state index contributed by atoms with van der Waals surface area (Å²) in [6, 6.07) is 8.06. The number of nitrogens with zero attached hydrogens (tertiary/aromatic N) is 4. The van der Waals surface area contributed by atoms with E-state index in [1.807, 2.05) is 0 Å². The summed E-state index contributed by atoms with van der Waals surface area (Å²) in [7, 11) is 0. The number of anilines is 1. The van der Waals surface area contributed by atoms with Crippen molar-refractivity contribution in [3.63, 3.8) is 0 Å². The van der Waals surface area contributed by atoms with Crippen molar-refractivity contribution in [3.8, 4) is 17.1 Å². The quantitative estimate of drug-likeness (QED) is 0.635. The Morgan fingerprint density at radius 2 is 1.88 bits per heavy atom. The second-order valence-electron chi connectivity index (χ2n) is 8.85. The van der Waals surface area contributed by atoms with Gasteiger partial charge in [-0.25, -0.2) is 19.2 Å². The number of rotatable bonds is 5. The van der Waals surface area contributed by atoms with Crippen LogP contribution in [0.4, 0.5) is 10.3 Å². The summed E-state index contributed by atoms with van der Waals surface area (Å²) in [5, 5.41) is 3.46. The lowest BCUT2D eigenvalue weighted by molar-refractivity contribution is 0.0538. The minimum absolute atomic E-state index is 0.229. The first kappa shape index (κ1) is 20.9. The Balaban J connectivity index is 1.53. The maximum absolute atomic E-state index is 13.5. The van der Waals surface area contributed by atoms with Crippen LogP contribution in [0.15, 0.2) is 47.5 Å². The molecule has 8 heteroatoms. The summed E-state index contributed by atoms with van der Waals surface area (Å²) in [5.41, 5.74) is 1.61. The van der Waals surface area contributed by atoms with Gasteiger partial charge in [-0.2, -0.15) is 0 Å². The molecule has 3 aromatic rings. The molecule has 2 aromatic heterocycles. The molecule has 0 radical (unpaired) electrons. The molecule has 1 saturated carbocycles. The number of aromatic nitrogens is 4. The molecular weight excluding hydrogens is 409 g/mol. The zero-order valence-corrected chi connectivity index (χ0v) is 18.2. The van der Waals surface area contributed by atoms with Crippen LogP contribution in [0.25, 0.3) is 17.1 Å². The molecule has 1 N–H and O–H groups in total. The van der Waals surface area contributed by atoms with Crippen LogP contribution >= 0.6 is 0 Å². The van der Waals surface area contributed by atoms with Crippen molar-refractivity contribution in [1.82, 2.24) is 19.1 Å². The number of ether oxygens (including phenoxy) is 1. The fraction of sp³-hybridized carbons (Fsp3) is 0.458. The van der Waals surface area contributed by atoms with Crippen LogP contribution < -0.4 is 11.0 Å². The maximum atomic E-state index is 13.5. The molecule has 0 amide bonds. The Kier molecular flexibility index (Phi) is 5.78. The van der Waals surface area contributed by atoms with Crippen LogP contribution in [0.1, 0.15) is 51.7 Å². The number of nitrogens with one attached hydrogen (secondary N) is 1. The molecule has 1 unspecified atom stereocenters. The highest BCUT2D eigenvalue weighted by Gasteiger charge is 2.25.